The molecule has 6 heteroatoms. The molecule has 0 aromatic carbocycles. The molecule has 0 aliphatic heterocycles. The molecular weight excluding hydrogens is 206 g/mol. The lowest BCUT2D eigenvalue weighted by molar-refractivity contribution is 0.538. The third-order valence-corrected chi connectivity index (χ3v) is 2.02. The molecule has 0 unspecified atom stereocenters. The van der Waals surface area contributed by atoms with Crippen LogP contribution < -0.4 is 16.7 Å². The van der Waals surface area contributed by atoms with Crippen molar-refractivity contribution in [2.45, 2.75) is 46.1 Å². The number of nitrogens with zero attached hydrogens (tertiary/aromatic N) is 3. The molecule has 90 valence electrons. The molecule has 6 nitrogen and oxygen atoms in total. The first-order valence-corrected chi connectivity index (χ1v) is 5.25. The summed E-state index contributed by atoms with van der Waals surface area (Å²) in [5.41, 5.74) is -0.309. The van der Waals surface area contributed by atoms with E-state index >= 15 is 0 Å². The van der Waals surface area contributed by atoms with Crippen LogP contribution in [0, 0.1) is 0 Å². The minimum Gasteiger partial charge on any atom is -0.351 e. The second-order valence-electron chi connectivity index (χ2n) is 5.10. The van der Waals surface area contributed by atoms with Crippen LogP contribution in [0.2, 0.25) is 0 Å². The van der Waals surface area contributed by atoms with Gasteiger partial charge in [-0.15, -0.1) is 10.2 Å². The van der Waals surface area contributed by atoms with Crippen LogP contribution in [-0.4, -0.2) is 20.9 Å². The lowest BCUT2D eigenvalue weighted by Gasteiger charge is -2.18. The van der Waals surface area contributed by atoms with Gasteiger partial charge in [-0.1, -0.05) is 20.8 Å². The molecule has 1 aromatic heterocycles. The van der Waals surface area contributed by atoms with Crippen LogP contribution in [0.15, 0.2) is 4.79 Å². The monoisotopic (exact) mass is 225 g/mol. The van der Waals surface area contributed by atoms with Crippen molar-refractivity contribution in [2.75, 3.05) is 11.2 Å². The number of aromatic nitrogens is 3. The Morgan fingerprint density at radius 2 is 1.88 bits per heavy atom. The zero-order valence-corrected chi connectivity index (χ0v) is 10.4. The topological polar surface area (TPSA) is 85.8 Å². The van der Waals surface area contributed by atoms with Crippen LogP contribution in [-0.2, 0) is 5.41 Å². The molecule has 3 N–H and O–H groups in total. The Morgan fingerprint density at radius 3 is 2.31 bits per heavy atom. The number of nitrogens with two attached hydrogens (primary N) is 1. The average Bonchev–Trinajstić information content (AvgIpc) is 2.10. The van der Waals surface area contributed by atoms with E-state index in [0.29, 0.717) is 5.69 Å². The Bertz CT molecular complexity index is 430. The van der Waals surface area contributed by atoms with Crippen LogP contribution in [0.5, 0.6) is 0 Å². The van der Waals surface area contributed by atoms with Crippen molar-refractivity contribution in [3.63, 3.8) is 0 Å². The van der Waals surface area contributed by atoms with E-state index in [2.05, 4.69) is 15.5 Å². The highest BCUT2D eigenvalue weighted by atomic mass is 16.1. The molecule has 0 radical (unpaired) electrons. The number of anilines is 1. The molecule has 0 bridgehead atoms. The first kappa shape index (κ1) is 12.5. The van der Waals surface area contributed by atoms with Gasteiger partial charge >= 0.3 is 0 Å². The van der Waals surface area contributed by atoms with Gasteiger partial charge in [0, 0.05) is 11.5 Å². The SMILES string of the molecule is CC(C)Nc1nnc(C(C)(C)C)c(=O)n1N. The van der Waals surface area contributed by atoms with Gasteiger partial charge in [0.05, 0.1) is 0 Å². The Labute approximate surface area is 94.8 Å². The molecule has 0 fully saturated rings. The second-order valence-corrected chi connectivity index (χ2v) is 5.10. The number of hydrogen-bond donors (Lipinski definition) is 2. The van der Waals surface area contributed by atoms with E-state index in [9.17, 15) is 4.79 Å². The highest BCUT2D eigenvalue weighted by Gasteiger charge is 2.22. The lowest BCUT2D eigenvalue weighted by Crippen LogP contribution is -2.39. The van der Waals surface area contributed by atoms with Gasteiger partial charge in [0.25, 0.3) is 5.56 Å². The lowest BCUT2D eigenvalue weighted by atomic mass is 9.93. The largest absolute Gasteiger partial charge is 0.351 e. The molecule has 0 saturated heterocycles. The van der Waals surface area contributed by atoms with Gasteiger partial charge in [-0.3, -0.25) is 4.79 Å². The van der Waals surface area contributed by atoms with Crippen LogP contribution in [0.4, 0.5) is 5.95 Å². The summed E-state index contributed by atoms with van der Waals surface area (Å²) in [4.78, 5) is 11.9. The van der Waals surface area contributed by atoms with E-state index in [1.165, 1.54) is 0 Å². The molecule has 1 aromatic rings. The molecule has 1 heterocycles. The molecule has 0 aliphatic rings. The zero-order chi connectivity index (χ0) is 12.5. The molecule has 0 amide bonds. The maximum absolute atomic E-state index is 11.9. The number of nitrogens with one attached hydrogen (secondary N) is 1. The molecule has 0 spiro atoms. The molecule has 16 heavy (non-hydrogen) atoms. The summed E-state index contributed by atoms with van der Waals surface area (Å²) in [6.07, 6.45) is 0. The van der Waals surface area contributed by atoms with Gasteiger partial charge in [-0.05, 0) is 13.8 Å². The normalized spacial score (nSPS) is 11.9. The van der Waals surface area contributed by atoms with Crippen molar-refractivity contribution in [1.82, 2.24) is 14.9 Å². The quantitative estimate of drug-likeness (QED) is 0.714. The van der Waals surface area contributed by atoms with E-state index in [-0.39, 0.29) is 23.0 Å². The van der Waals surface area contributed by atoms with Gasteiger partial charge in [0.1, 0.15) is 5.69 Å². The maximum atomic E-state index is 11.9. The minimum absolute atomic E-state index is 0.143. The number of nitrogen functional groups attached to an aromatic ring is 1. The minimum atomic E-state index is -0.360. The third kappa shape index (κ3) is 2.50. The summed E-state index contributed by atoms with van der Waals surface area (Å²) in [6.45, 7) is 9.56. The average molecular weight is 225 g/mol. The van der Waals surface area contributed by atoms with Gasteiger partial charge in [-0.25, -0.2) is 0 Å². The Morgan fingerprint density at radius 1 is 1.31 bits per heavy atom. The Balaban J connectivity index is 3.24. The summed E-state index contributed by atoms with van der Waals surface area (Å²) in [7, 11) is 0. The first-order chi connectivity index (χ1) is 7.23. The summed E-state index contributed by atoms with van der Waals surface area (Å²) in [5.74, 6) is 5.95. The van der Waals surface area contributed by atoms with Crippen molar-refractivity contribution in [3.8, 4) is 0 Å². The first-order valence-electron chi connectivity index (χ1n) is 5.25. The molecule has 0 saturated carbocycles. The van der Waals surface area contributed by atoms with Gasteiger partial charge in [0.2, 0.25) is 5.95 Å². The molecule has 0 aliphatic carbocycles. The van der Waals surface area contributed by atoms with Crippen molar-refractivity contribution < 1.29 is 0 Å². The predicted octanol–water partition coefficient (Wildman–Crippen LogP) is 0.470. The van der Waals surface area contributed by atoms with Crippen molar-refractivity contribution >= 4 is 5.95 Å². The fraction of sp³-hybridized carbons (Fsp3) is 0.700. The van der Waals surface area contributed by atoms with Crippen LogP contribution in [0.1, 0.15) is 40.3 Å². The predicted molar refractivity (Wildman–Crippen MR) is 63.9 cm³/mol. The highest BCUT2D eigenvalue weighted by molar-refractivity contribution is 5.26. The molecule has 1 rings (SSSR count). The standard InChI is InChI=1S/C10H19N5O/c1-6(2)12-9-14-13-7(10(3,4)5)8(16)15(9)11/h6H,11H2,1-5H3,(H,12,14). The Hall–Kier alpha value is -1.59. The van der Waals surface area contributed by atoms with Crippen molar-refractivity contribution in [2.24, 2.45) is 0 Å². The number of rotatable bonds is 2. The summed E-state index contributed by atoms with van der Waals surface area (Å²) in [5, 5.41) is 10.8. The van der Waals surface area contributed by atoms with Crippen LogP contribution >= 0.6 is 0 Å². The third-order valence-electron chi connectivity index (χ3n) is 2.02. The molecular formula is C10H19N5O. The van der Waals surface area contributed by atoms with Crippen molar-refractivity contribution in [1.29, 1.82) is 0 Å². The fourth-order valence-corrected chi connectivity index (χ4v) is 1.23. The summed E-state index contributed by atoms with van der Waals surface area (Å²) in [6, 6.07) is 0.143. The molecule has 0 atom stereocenters. The van der Waals surface area contributed by atoms with E-state index in [1.54, 1.807) is 0 Å². The van der Waals surface area contributed by atoms with E-state index in [1.807, 2.05) is 34.6 Å². The van der Waals surface area contributed by atoms with Gasteiger partial charge in [0.15, 0.2) is 0 Å². The number of hydrogen-bond acceptors (Lipinski definition) is 5. The van der Waals surface area contributed by atoms with E-state index < -0.39 is 0 Å². The highest BCUT2D eigenvalue weighted by Crippen LogP contribution is 2.15. The summed E-state index contributed by atoms with van der Waals surface area (Å²) < 4.78 is 1.01. The second kappa shape index (κ2) is 4.11. The van der Waals surface area contributed by atoms with Gasteiger partial charge < -0.3 is 11.2 Å². The Kier molecular flexibility index (Phi) is 3.21. The smallest absolute Gasteiger partial charge is 0.295 e. The zero-order valence-electron chi connectivity index (χ0n) is 10.4. The fourth-order valence-electron chi connectivity index (χ4n) is 1.23. The van der Waals surface area contributed by atoms with E-state index in [0.717, 1.165) is 4.68 Å². The maximum Gasteiger partial charge on any atom is 0.295 e. The van der Waals surface area contributed by atoms with Crippen molar-refractivity contribution in [3.05, 3.63) is 16.0 Å². The van der Waals surface area contributed by atoms with Gasteiger partial charge in [-0.2, -0.15) is 4.68 Å². The van der Waals surface area contributed by atoms with E-state index in [4.69, 9.17) is 5.84 Å². The van der Waals surface area contributed by atoms with Crippen LogP contribution in [0.3, 0.4) is 0 Å². The van der Waals surface area contributed by atoms with Crippen LogP contribution in [0.25, 0.3) is 0 Å². The summed E-state index contributed by atoms with van der Waals surface area (Å²) >= 11 is 0.